The summed E-state index contributed by atoms with van der Waals surface area (Å²) in [6.07, 6.45) is 3.41. The van der Waals surface area contributed by atoms with Gasteiger partial charge in [0.15, 0.2) is 0 Å². The number of aliphatic hydroxyl groups is 1. The van der Waals surface area contributed by atoms with Crippen LogP contribution in [0.15, 0.2) is 67.0 Å². The van der Waals surface area contributed by atoms with Crippen LogP contribution in [0.4, 0.5) is 16.2 Å². The summed E-state index contributed by atoms with van der Waals surface area (Å²) in [4.78, 5) is 34.1. The van der Waals surface area contributed by atoms with Gasteiger partial charge in [-0.2, -0.15) is 0 Å². The molecule has 2 aromatic carbocycles. The molecule has 1 aliphatic heterocycles. The highest BCUT2D eigenvalue weighted by Crippen LogP contribution is 2.29. The van der Waals surface area contributed by atoms with Gasteiger partial charge in [0, 0.05) is 59.9 Å². The molecule has 0 saturated carbocycles. The number of likely N-dealkylation sites (N-methyl/N-ethyl adjacent to an activating group) is 1. The summed E-state index contributed by atoms with van der Waals surface area (Å²) in [5.74, 6) is 0.489. The molecule has 2 heterocycles. The highest BCUT2D eigenvalue weighted by Gasteiger charge is 2.31. The Morgan fingerprint density at radius 1 is 1.15 bits per heavy atom. The van der Waals surface area contributed by atoms with Crippen LogP contribution >= 0.6 is 11.6 Å². The number of carbonyl (C=O) groups excluding carboxylic acids is 2. The lowest BCUT2D eigenvalue weighted by Gasteiger charge is -2.34. The highest BCUT2D eigenvalue weighted by atomic mass is 35.5. The Morgan fingerprint density at radius 3 is 2.52 bits per heavy atom. The molecule has 0 aliphatic carbocycles. The molecule has 40 heavy (non-hydrogen) atoms. The van der Waals surface area contributed by atoms with E-state index in [0.29, 0.717) is 40.8 Å². The van der Waals surface area contributed by atoms with E-state index in [1.165, 1.54) is 0 Å². The van der Waals surface area contributed by atoms with E-state index in [1.54, 1.807) is 59.8 Å². The minimum atomic E-state index is -0.419. The number of aliphatic hydroxyl groups excluding tert-OH is 1. The van der Waals surface area contributed by atoms with E-state index < -0.39 is 6.03 Å². The number of rotatable bonds is 8. The van der Waals surface area contributed by atoms with Crippen LogP contribution in [-0.2, 0) is 17.8 Å². The van der Waals surface area contributed by atoms with E-state index in [4.69, 9.17) is 16.3 Å². The van der Waals surface area contributed by atoms with Crippen molar-refractivity contribution in [2.75, 3.05) is 37.4 Å². The zero-order valence-electron chi connectivity index (χ0n) is 23.0. The number of carbonyl (C=O) groups is 2. The third-order valence-corrected chi connectivity index (χ3v) is 7.22. The summed E-state index contributed by atoms with van der Waals surface area (Å²) in [6.45, 7) is 5.58. The molecular weight excluding hydrogens is 530 g/mol. The number of halogens is 1. The van der Waals surface area contributed by atoms with Crippen molar-refractivity contribution >= 4 is 34.9 Å². The van der Waals surface area contributed by atoms with Gasteiger partial charge in [-0.25, -0.2) is 4.79 Å². The Morgan fingerprint density at radius 2 is 1.82 bits per heavy atom. The SMILES string of the molecule is CC(CO)N1C[C@@H](C)[C@H](CN(C)Cc2ccncc2)Oc2ccc(NC(=O)Nc3ccc(Cl)cc3)cc2CC1=O. The molecule has 0 fully saturated rings. The maximum atomic E-state index is 13.4. The fraction of sp³-hybridized carbons (Fsp3) is 0.367. The molecule has 3 aromatic rings. The van der Waals surface area contributed by atoms with Gasteiger partial charge < -0.3 is 25.4 Å². The number of anilines is 2. The maximum Gasteiger partial charge on any atom is 0.323 e. The molecule has 0 spiro atoms. The van der Waals surface area contributed by atoms with E-state index in [2.05, 4.69) is 27.4 Å². The van der Waals surface area contributed by atoms with Crippen molar-refractivity contribution in [3.8, 4) is 5.75 Å². The highest BCUT2D eigenvalue weighted by molar-refractivity contribution is 6.30. The molecule has 0 radical (unpaired) electrons. The van der Waals surface area contributed by atoms with Crippen LogP contribution in [0, 0.1) is 5.92 Å². The van der Waals surface area contributed by atoms with Gasteiger partial charge in [-0.1, -0.05) is 18.5 Å². The summed E-state index contributed by atoms with van der Waals surface area (Å²) >= 11 is 5.93. The minimum absolute atomic E-state index is 0.00764. The van der Waals surface area contributed by atoms with Gasteiger partial charge in [0.1, 0.15) is 11.9 Å². The van der Waals surface area contributed by atoms with Crippen LogP contribution in [0.1, 0.15) is 25.0 Å². The molecule has 212 valence electrons. The van der Waals surface area contributed by atoms with Crippen molar-refractivity contribution in [1.82, 2.24) is 14.8 Å². The van der Waals surface area contributed by atoms with Crippen molar-refractivity contribution < 1.29 is 19.4 Å². The molecule has 1 aliphatic rings. The fourth-order valence-electron chi connectivity index (χ4n) is 4.72. The molecular formula is C30H36ClN5O4. The Kier molecular flexibility index (Phi) is 9.98. The predicted octanol–water partition coefficient (Wildman–Crippen LogP) is 4.66. The van der Waals surface area contributed by atoms with E-state index in [-0.39, 0.29) is 37.0 Å². The number of aromatic nitrogens is 1. The van der Waals surface area contributed by atoms with Gasteiger partial charge in [-0.3, -0.25) is 14.7 Å². The number of amides is 3. The first-order chi connectivity index (χ1) is 19.2. The van der Waals surface area contributed by atoms with Crippen LogP contribution in [0.3, 0.4) is 0 Å². The van der Waals surface area contributed by atoms with Gasteiger partial charge in [0.25, 0.3) is 0 Å². The monoisotopic (exact) mass is 565 g/mol. The van der Waals surface area contributed by atoms with Crippen molar-refractivity contribution in [3.05, 3.63) is 83.1 Å². The lowest BCUT2D eigenvalue weighted by atomic mass is 10.0. The average Bonchev–Trinajstić information content (AvgIpc) is 2.97. The first-order valence-electron chi connectivity index (χ1n) is 13.3. The Hall–Kier alpha value is -3.66. The van der Waals surface area contributed by atoms with Gasteiger partial charge in [-0.15, -0.1) is 0 Å². The van der Waals surface area contributed by atoms with Crippen molar-refractivity contribution in [1.29, 1.82) is 0 Å². The summed E-state index contributed by atoms with van der Waals surface area (Å²) in [7, 11) is 2.04. The molecule has 1 aromatic heterocycles. The largest absolute Gasteiger partial charge is 0.488 e. The van der Waals surface area contributed by atoms with E-state index in [1.807, 2.05) is 26.1 Å². The van der Waals surface area contributed by atoms with E-state index >= 15 is 0 Å². The molecule has 3 N–H and O–H groups in total. The lowest BCUT2D eigenvalue weighted by Crippen LogP contribution is -2.47. The summed E-state index contributed by atoms with van der Waals surface area (Å²) in [6, 6.07) is 15.4. The molecule has 9 nitrogen and oxygen atoms in total. The number of urea groups is 1. The lowest BCUT2D eigenvalue weighted by molar-refractivity contribution is -0.134. The number of nitrogens with zero attached hydrogens (tertiary/aromatic N) is 3. The number of fused-ring (bicyclic) bond motifs is 1. The maximum absolute atomic E-state index is 13.4. The predicted molar refractivity (Wildman–Crippen MR) is 157 cm³/mol. The van der Waals surface area contributed by atoms with E-state index in [9.17, 15) is 14.7 Å². The number of pyridine rings is 1. The van der Waals surface area contributed by atoms with Crippen LogP contribution in [-0.4, -0.2) is 70.7 Å². The van der Waals surface area contributed by atoms with Crippen LogP contribution in [0.5, 0.6) is 5.75 Å². The second-order valence-electron chi connectivity index (χ2n) is 10.3. The van der Waals surface area contributed by atoms with Gasteiger partial charge in [-0.05, 0) is 74.1 Å². The van der Waals surface area contributed by atoms with Crippen LogP contribution in [0.2, 0.25) is 5.02 Å². The molecule has 1 unspecified atom stereocenters. The number of nitrogens with one attached hydrogen (secondary N) is 2. The molecule has 4 rings (SSSR count). The smallest absolute Gasteiger partial charge is 0.323 e. The zero-order valence-corrected chi connectivity index (χ0v) is 23.8. The Bertz CT molecular complexity index is 1290. The number of ether oxygens (including phenoxy) is 1. The third kappa shape index (κ3) is 7.94. The summed E-state index contributed by atoms with van der Waals surface area (Å²) < 4.78 is 6.58. The van der Waals surface area contributed by atoms with Crippen molar-refractivity contribution in [2.45, 2.75) is 39.0 Å². The third-order valence-electron chi connectivity index (χ3n) is 6.97. The molecule has 10 heteroatoms. The Labute approximate surface area is 240 Å². The second-order valence-corrected chi connectivity index (χ2v) is 10.8. The first-order valence-corrected chi connectivity index (χ1v) is 13.7. The zero-order chi connectivity index (χ0) is 28.6. The quantitative estimate of drug-likeness (QED) is 0.367. The molecule has 3 amide bonds. The van der Waals surface area contributed by atoms with Gasteiger partial charge >= 0.3 is 6.03 Å². The first kappa shape index (κ1) is 29.3. The average molecular weight is 566 g/mol. The molecule has 0 saturated heterocycles. The van der Waals surface area contributed by atoms with Gasteiger partial charge in [0.05, 0.1) is 19.1 Å². The Balaban J connectivity index is 1.55. The van der Waals surface area contributed by atoms with Crippen molar-refractivity contribution in [3.63, 3.8) is 0 Å². The minimum Gasteiger partial charge on any atom is -0.488 e. The topological polar surface area (TPSA) is 107 Å². The van der Waals surface area contributed by atoms with E-state index in [0.717, 1.165) is 12.1 Å². The van der Waals surface area contributed by atoms with Crippen LogP contribution in [0.25, 0.3) is 0 Å². The second kappa shape index (κ2) is 13.6. The number of benzene rings is 2. The molecule has 0 bridgehead atoms. The standard InChI is InChI=1S/C30H36ClN5O4/c1-20-16-36(21(2)19-37)29(38)15-23-14-26(34-30(39)33-25-6-4-24(31)5-7-25)8-9-27(23)40-28(20)18-35(3)17-22-10-12-32-13-11-22/h4-14,20-21,28,37H,15-19H2,1-3H3,(H2,33,34,39)/t20-,21?,28+/m1/s1. The normalized spacial score (nSPS) is 18.1. The number of hydrogen-bond donors (Lipinski definition) is 3. The molecule has 3 atom stereocenters. The summed E-state index contributed by atoms with van der Waals surface area (Å²) in [5, 5.41) is 16.1. The number of hydrogen-bond acceptors (Lipinski definition) is 6. The van der Waals surface area contributed by atoms with Gasteiger partial charge in [0.2, 0.25) is 5.91 Å². The van der Waals surface area contributed by atoms with Crippen LogP contribution < -0.4 is 15.4 Å². The fourth-order valence-corrected chi connectivity index (χ4v) is 4.85. The summed E-state index contributed by atoms with van der Waals surface area (Å²) in [5.41, 5.74) is 2.94. The van der Waals surface area contributed by atoms with Crippen molar-refractivity contribution in [2.24, 2.45) is 5.92 Å².